The number of nitrogens with zero attached hydrogens (tertiary/aromatic N) is 3. The Bertz CT molecular complexity index is 418. The Kier molecular flexibility index (Phi) is 2.77. The molecule has 0 saturated carbocycles. The van der Waals surface area contributed by atoms with E-state index in [1.165, 1.54) is 11.2 Å². The number of aliphatic imine (C=N–C) groups is 1. The molecule has 2 rings (SSSR count). The minimum absolute atomic E-state index is 0.0149. The maximum atomic E-state index is 10.8. The standard InChI is InChI=1S/C8H9N4O3S/c1-15-4-11-3-6-9-2-5(8(13)14)7(16)12(6)10-11/h2-3,10H,4H2,1H3,(H,13,14). The molecular formula is C8H9N4O3S. The highest BCUT2D eigenvalue weighted by molar-refractivity contribution is 7.84. The van der Waals surface area contributed by atoms with E-state index in [4.69, 9.17) is 22.5 Å². The van der Waals surface area contributed by atoms with Crippen LogP contribution in [0, 0.1) is 0 Å². The van der Waals surface area contributed by atoms with E-state index in [0.717, 1.165) is 0 Å². The van der Waals surface area contributed by atoms with Gasteiger partial charge in [0, 0.05) is 13.3 Å². The molecule has 2 heterocycles. The van der Waals surface area contributed by atoms with Crippen LogP contribution in [-0.4, -0.2) is 41.1 Å². The molecule has 7 nitrogen and oxygen atoms in total. The average Bonchev–Trinajstić information content (AvgIpc) is 2.62. The number of aliphatic carboxylic acids is 1. The number of rotatable bonds is 3. The Morgan fingerprint density at radius 2 is 2.50 bits per heavy atom. The van der Waals surface area contributed by atoms with Crippen molar-refractivity contribution >= 4 is 24.8 Å². The molecule has 0 atom stereocenters. The van der Waals surface area contributed by atoms with Crippen molar-refractivity contribution < 1.29 is 14.6 Å². The first kappa shape index (κ1) is 10.9. The summed E-state index contributed by atoms with van der Waals surface area (Å²) in [5.41, 5.74) is 2.82. The van der Waals surface area contributed by atoms with E-state index >= 15 is 0 Å². The van der Waals surface area contributed by atoms with Gasteiger partial charge in [-0.15, -0.1) is 5.53 Å². The zero-order chi connectivity index (χ0) is 11.7. The highest BCUT2D eigenvalue weighted by Crippen LogP contribution is 2.26. The van der Waals surface area contributed by atoms with Gasteiger partial charge >= 0.3 is 5.97 Å². The molecule has 0 amide bonds. The van der Waals surface area contributed by atoms with Gasteiger partial charge in [0.15, 0.2) is 5.82 Å². The first-order valence-electron chi connectivity index (χ1n) is 4.36. The minimum atomic E-state index is -1.10. The first-order chi connectivity index (χ1) is 7.63. The number of fused-ring (bicyclic) bond motifs is 1. The number of ether oxygens (including phenoxy) is 1. The summed E-state index contributed by atoms with van der Waals surface area (Å²) in [4.78, 5) is 14.8. The monoisotopic (exact) mass is 241 g/mol. The third-order valence-corrected chi connectivity index (χ3v) is 2.39. The van der Waals surface area contributed by atoms with Crippen LogP contribution in [0.5, 0.6) is 0 Å². The van der Waals surface area contributed by atoms with Crippen LogP contribution in [0.2, 0.25) is 0 Å². The Morgan fingerprint density at radius 3 is 3.12 bits per heavy atom. The van der Waals surface area contributed by atoms with Gasteiger partial charge in [0.25, 0.3) is 0 Å². The maximum Gasteiger partial charge on any atom is 0.340 e. The van der Waals surface area contributed by atoms with Crippen LogP contribution in [0.15, 0.2) is 27.6 Å². The zero-order valence-electron chi connectivity index (χ0n) is 8.38. The quantitative estimate of drug-likeness (QED) is 0.724. The normalized spacial score (nSPS) is 18.9. The number of carbonyl (C=O) groups is 1. The average molecular weight is 241 g/mol. The molecule has 8 heteroatoms. The topological polar surface area (TPSA) is 77.4 Å². The summed E-state index contributed by atoms with van der Waals surface area (Å²) < 4.78 is 4.92. The van der Waals surface area contributed by atoms with E-state index in [1.807, 2.05) is 0 Å². The van der Waals surface area contributed by atoms with Crippen molar-refractivity contribution in [2.75, 3.05) is 13.8 Å². The van der Waals surface area contributed by atoms with Gasteiger partial charge in [0.1, 0.15) is 17.3 Å². The molecule has 0 spiro atoms. The summed E-state index contributed by atoms with van der Waals surface area (Å²) in [7, 11) is 1.55. The molecule has 85 valence electrons. The summed E-state index contributed by atoms with van der Waals surface area (Å²) in [6, 6.07) is 0. The lowest BCUT2D eigenvalue weighted by molar-refractivity contribution is -0.132. The molecule has 0 unspecified atom stereocenters. The minimum Gasteiger partial charge on any atom is -0.478 e. The van der Waals surface area contributed by atoms with Crippen molar-refractivity contribution in [1.82, 2.24) is 15.6 Å². The van der Waals surface area contributed by atoms with Crippen molar-refractivity contribution in [3.05, 3.63) is 22.6 Å². The maximum absolute atomic E-state index is 10.8. The van der Waals surface area contributed by atoms with E-state index < -0.39 is 5.97 Å². The lowest BCUT2D eigenvalue weighted by Gasteiger charge is -2.24. The fourth-order valence-corrected chi connectivity index (χ4v) is 1.58. The lowest BCUT2D eigenvalue weighted by Crippen LogP contribution is -2.41. The molecule has 2 N–H and O–H groups in total. The highest BCUT2D eigenvalue weighted by atomic mass is 32.1. The van der Waals surface area contributed by atoms with Crippen LogP contribution in [0.25, 0.3) is 0 Å². The lowest BCUT2D eigenvalue weighted by atomic mass is 10.3. The van der Waals surface area contributed by atoms with E-state index in [2.05, 4.69) is 10.5 Å². The molecule has 0 fully saturated rings. The Hall–Kier alpha value is -1.64. The SMILES string of the molecule is COCN1C=C2N=CC(C(=O)O)=C([S])N2N1. The van der Waals surface area contributed by atoms with Gasteiger partial charge in [0.05, 0.1) is 6.20 Å². The van der Waals surface area contributed by atoms with E-state index in [0.29, 0.717) is 12.6 Å². The van der Waals surface area contributed by atoms with Gasteiger partial charge in [-0.1, -0.05) is 12.6 Å². The number of hydrazine groups is 2. The van der Waals surface area contributed by atoms with Gasteiger partial charge in [-0.3, -0.25) is 5.01 Å². The number of nitrogens with one attached hydrogen (secondary N) is 1. The number of hydrogen-bond donors (Lipinski definition) is 2. The molecule has 2 aliphatic rings. The van der Waals surface area contributed by atoms with Crippen LogP contribution in [0.4, 0.5) is 0 Å². The second kappa shape index (κ2) is 4.08. The largest absolute Gasteiger partial charge is 0.478 e. The Morgan fingerprint density at radius 1 is 1.75 bits per heavy atom. The van der Waals surface area contributed by atoms with E-state index in [1.54, 1.807) is 18.3 Å². The van der Waals surface area contributed by atoms with Crippen LogP contribution in [-0.2, 0) is 9.53 Å². The fraction of sp³-hybridized carbons (Fsp3) is 0.250. The predicted octanol–water partition coefficient (Wildman–Crippen LogP) is 0.00450. The fourth-order valence-electron chi connectivity index (χ4n) is 1.30. The molecule has 1 radical (unpaired) electrons. The highest BCUT2D eigenvalue weighted by Gasteiger charge is 2.29. The molecule has 0 saturated heterocycles. The van der Waals surface area contributed by atoms with Gasteiger partial charge < -0.3 is 9.84 Å². The summed E-state index contributed by atoms with van der Waals surface area (Å²) in [6.07, 6.45) is 2.91. The second-order valence-corrected chi connectivity index (χ2v) is 3.48. The van der Waals surface area contributed by atoms with Gasteiger partial charge in [-0.2, -0.15) is 0 Å². The molecular weight excluding hydrogens is 232 g/mol. The number of methoxy groups -OCH3 is 1. The van der Waals surface area contributed by atoms with Gasteiger partial charge in [0.2, 0.25) is 0 Å². The molecule has 0 aromatic heterocycles. The Balaban J connectivity index is 2.24. The van der Waals surface area contributed by atoms with Gasteiger partial charge in [-0.25, -0.2) is 14.8 Å². The van der Waals surface area contributed by atoms with Crippen LogP contribution in [0.3, 0.4) is 0 Å². The zero-order valence-corrected chi connectivity index (χ0v) is 9.19. The van der Waals surface area contributed by atoms with Crippen molar-refractivity contribution in [2.45, 2.75) is 0 Å². The van der Waals surface area contributed by atoms with Crippen LogP contribution < -0.4 is 5.53 Å². The molecule has 2 aliphatic heterocycles. The second-order valence-electron chi connectivity index (χ2n) is 3.09. The summed E-state index contributed by atoms with van der Waals surface area (Å²) >= 11 is 5.02. The summed E-state index contributed by atoms with van der Waals surface area (Å²) in [5.74, 6) is -0.563. The first-order valence-corrected chi connectivity index (χ1v) is 4.77. The summed E-state index contributed by atoms with van der Waals surface area (Å²) in [5, 5.41) is 12.1. The van der Waals surface area contributed by atoms with E-state index in [9.17, 15) is 4.79 Å². The third-order valence-electron chi connectivity index (χ3n) is 1.99. The number of carboxylic acid groups (broad SMARTS) is 1. The predicted molar refractivity (Wildman–Crippen MR) is 57.5 cm³/mol. The van der Waals surface area contributed by atoms with E-state index in [-0.39, 0.29) is 10.6 Å². The van der Waals surface area contributed by atoms with Gasteiger partial charge in [-0.05, 0) is 0 Å². The Labute approximate surface area is 97.0 Å². The van der Waals surface area contributed by atoms with Crippen molar-refractivity contribution in [1.29, 1.82) is 0 Å². The molecule has 0 aromatic carbocycles. The number of carboxylic acids is 1. The van der Waals surface area contributed by atoms with Crippen LogP contribution in [0.1, 0.15) is 0 Å². The molecule has 0 aliphatic carbocycles. The third kappa shape index (κ3) is 1.73. The van der Waals surface area contributed by atoms with Crippen molar-refractivity contribution in [3.63, 3.8) is 0 Å². The molecule has 0 aromatic rings. The van der Waals surface area contributed by atoms with Crippen molar-refractivity contribution in [3.8, 4) is 0 Å². The van der Waals surface area contributed by atoms with Crippen molar-refractivity contribution in [2.24, 2.45) is 4.99 Å². The summed E-state index contributed by atoms with van der Waals surface area (Å²) in [6.45, 7) is 0.306. The molecule has 0 bridgehead atoms. The van der Waals surface area contributed by atoms with Crippen LogP contribution >= 0.6 is 12.6 Å². The number of hydrogen-bond acceptors (Lipinski definition) is 6. The smallest absolute Gasteiger partial charge is 0.340 e. The molecule has 16 heavy (non-hydrogen) atoms.